The summed E-state index contributed by atoms with van der Waals surface area (Å²) in [5.41, 5.74) is 0.961. The Bertz CT molecular complexity index is 548. The second kappa shape index (κ2) is 5.62. The predicted molar refractivity (Wildman–Crippen MR) is 67.8 cm³/mol. The lowest BCUT2D eigenvalue weighted by Crippen LogP contribution is -2.01. The Labute approximate surface area is 105 Å². The molecule has 2 aromatic heterocycles. The number of hydrogen-bond acceptors (Lipinski definition) is 3. The molecule has 96 valence electrons. The molecule has 0 aliphatic heterocycles. The van der Waals surface area contributed by atoms with Crippen molar-refractivity contribution in [1.29, 1.82) is 0 Å². The molecule has 2 rings (SSSR count). The molecule has 0 saturated carbocycles. The first kappa shape index (κ1) is 12.5. The van der Waals surface area contributed by atoms with E-state index in [1.165, 1.54) is 19.3 Å². The lowest BCUT2D eigenvalue weighted by molar-refractivity contribution is 0.0696. The van der Waals surface area contributed by atoms with E-state index < -0.39 is 5.97 Å². The molecule has 0 atom stereocenters. The number of aromatic nitrogens is 3. The van der Waals surface area contributed by atoms with Gasteiger partial charge in [0, 0.05) is 12.6 Å². The van der Waals surface area contributed by atoms with Crippen LogP contribution in [0.25, 0.3) is 5.65 Å². The highest BCUT2D eigenvalue weighted by Crippen LogP contribution is 2.10. The molecule has 0 spiro atoms. The Kier molecular flexibility index (Phi) is 3.92. The van der Waals surface area contributed by atoms with Crippen molar-refractivity contribution in [3.8, 4) is 0 Å². The van der Waals surface area contributed by atoms with Gasteiger partial charge in [-0.2, -0.15) is 0 Å². The molecule has 5 heteroatoms. The molecule has 0 aliphatic rings. The van der Waals surface area contributed by atoms with Gasteiger partial charge in [0.15, 0.2) is 5.65 Å². The van der Waals surface area contributed by atoms with Crippen LogP contribution in [0.5, 0.6) is 0 Å². The molecule has 0 aliphatic carbocycles. The first-order chi connectivity index (χ1) is 8.72. The number of aryl methyl sites for hydroxylation is 1. The van der Waals surface area contributed by atoms with Crippen LogP contribution in [0.2, 0.25) is 0 Å². The smallest absolute Gasteiger partial charge is 0.337 e. The van der Waals surface area contributed by atoms with Crippen molar-refractivity contribution in [2.75, 3.05) is 0 Å². The predicted octanol–water partition coefficient (Wildman–Crippen LogP) is 2.55. The number of carboxylic acids is 1. The number of unbranched alkanes of at least 4 members (excludes halogenated alkanes) is 3. The van der Waals surface area contributed by atoms with Crippen molar-refractivity contribution in [1.82, 2.24) is 14.6 Å². The number of carboxylic acid groups (broad SMARTS) is 1. The van der Waals surface area contributed by atoms with E-state index in [2.05, 4.69) is 17.1 Å². The molecule has 0 bridgehead atoms. The lowest BCUT2D eigenvalue weighted by atomic mass is 10.1. The fourth-order valence-electron chi connectivity index (χ4n) is 1.95. The van der Waals surface area contributed by atoms with Crippen molar-refractivity contribution in [3.63, 3.8) is 0 Å². The molecule has 0 radical (unpaired) electrons. The molecule has 2 aromatic rings. The minimum atomic E-state index is -0.928. The molecule has 2 heterocycles. The molecule has 0 aromatic carbocycles. The minimum absolute atomic E-state index is 0.261. The summed E-state index contributed by atoms with van der Waals surface area (Å²) < 4.78 is 1.77. The van der Waals surface area contributed by atoms with Gasteiger partial charge in [0.2, 0.25) is 0 Å². The number of hydrogen-bond donors (Lipinski definition) is 1. The molecule has 18 heavy (non-hydrogen) atoms. The van der Waals surface area contributed by atoms with E-state index in [1.54, 1.807) is 22.7 Å². The highest BCUT2D eigenvalue weighted by molar-refractivity contribution is 5.87. The van der Waals surface area contributed by atoms with E-state index in [1.807, 2.05) is 0 Å². The molecule has 0 amide bonds. The maximum atomic E-state index is 10.9. The van der Waals surface area contributed by atoms with Crippen LogP contribution in [0.1, 0.15) is 48.8 Å². The van der Waals surface area contributed by atoms with Crippen LogP contribution in [0.3, 0.4) is 0 Å². The number of nitrogens with zero attached hydrogens (tertiary/aromatic N) is 3. The topological polar surface area (TPSA) is 67.5 Å². The van der Waals surface area contributed by atoms with E-state index in [-0.39, 0.29) is 5.56 Å². The highest BCUT2D eigenvalue weighted by Gasteiger charge is 2.08. The minimum Gasteiger partial charge on any atom is -0.478 e. The lowest BCUT2D eigenvalue weighted by Gasteiger charge is -2.01. The van der Waals surface area contributed by atoms with E-state index >= 15 is 0 Å². The number of carbonyl (C=O) groups is 1. The third-order valence-electron chi connectivity index (χ3n) is 2.97. The van der Waals surface area contributed by atoms with Crippen LogP contribution in [-0.4, -0.2) is 25.7 Å². The zero-order valence-electron chi connectivity index (χ0n) is 10.5. The van der Waals surface area contributed by atoms with Crippen molar-refractivity contribution < 1.29 is 9.90 Å². The first-order valence-electron chi connectivity index (χ1n) is 6.29. The Hall–Kier alpha value is -1.91. The average molecular weight is 247 g/mol. The molecular weight excluding hydrogens is 230 g/mol. The first-order valence-corrected chi connectivity index (χ1v) is 6.29. The van der Waals surface area contributed by atoms with Crippen LogP contribution < -0.4 is 0 Å². The fraction of sp³-hybridized carbons (Fsp3) is 0.462. The highest BCUT2D eigenvalue weighted by atomic mass is 16.4. The summed E-state index contributed by atoms with van der Waals surface area (Å²) in [6.07, 6.45) is 7.08. The Balaban J connectivity index is 2.17. The third-order valence-corrected chi connectivity index (χ3v) is 2.97. The SMILES string of the molecule is CCCCCCc1nnc2ccc(C(=O)O)cn12. The maximum absolute atomic E-state index is 10.9. The quantitative estimate of drug-likeness (QED) is 0.796. The van der Waals surface area contributed by atoms with Crippen LogP contribution in [-0.2, 0) is 6.42 Å². The number of pyridine rings is 1. The van der Waals surface area contributed by atoms with Crippen LogP contribution in [0, 0.1) is 0 Å². The van der Waals surface area contributed by atoms with Gasteiger partial charge in [-0.05, 0) is 18.6 Å². The molecule has 0 saturated heterocycles. The monoisotopic (exact) mass is 247 g/mol. The normalized spacial score (nSPS) is 10.9. The number of aromatic carboxylic acids is 1. The summed E-state index contributed by atoms with van der Waals surface area (Å²) in [6.45, 7) is 2.17. The van der Waals surface area contributed by atoms with Gasteiger partial charge in [-0.15, -0.1) is 10.2 Å². The van der Waals surface area contributed by atoms with Gasteiger partial charge in [-0.3, -0.25) is 4.40 Å². The standard InChI is InChI=1S/C13H17N3O2/c1-2-3-4-5-6-11-14-15-12-8-7-10(13(17)18)9-16(11)12/h7-9H,2-6H2,1H3,(H,17,18). The Morgan fingerprint density at radius 1 is 1.28 bits per heavy atom. The van der Waals surface area contributed by atoms with Crippen molar-refractivity contribution in [3.05, 3.63) is 29.7 Å². The summed E-state index contributed by atoms with van der Waals surface area (Å²) in [6, 6.07) is 3.24. The summed E-state index contributed by atoms with van der Waals surface area (Å²) in [5, 5.41) is 17.1. The van der Waals surface area contributed by atoms with Gasteiger partial charge >= 0.3 is 5.97 Å². The van der Waals surface area contributed by atoms with E-state index in [0.29, 0.717) is 5.65 Å². The number of fused-ring (bicyclic) bond motifs is 1. The van der Waals surface area contributed by atoms with E-state index in [0.717, 1.165) is 18.7 Å². The zero-order valence-corrected chi connectivity index (χ0v) is 10.5. The van der Waals surface area contributed by atoms with Gasteiger partial charge < -0.3 is 5.11 Å². The molecule has 0 fully saturated rings. The molecule has 5 nitrogen and oxygen atoms in total. The molecule has 0 unspecified atom stereocenters. The van der Waals surface area contributed by atoms with Crippen LogP contribution in [0.15, 0.2) is 18.3 Å². The van der Waals surface area contributed by atoms with Crippen LogP contribution >= 0.6 is 0 Å². The zero-order chi connectivity index (χ0) is 13.0. The van der Waals surface area contributed by atoms with Crippen molar-refractivity contribution in [2.24, 2.45) is 0 Å². The largest absolute Gasteiger partial charge is 0.478 e. The second-order valence-corrected chi connectivity index (χ2v) is 4.38. The summed E-state index contributed by atoms with van der Waals surface area (Å²) in [4.78, 5) is 10.9. The van der Waals surface area contributed by atoms with Crippen molar-refractivity contribution >= 4 is 11.6 Å². The fourth-order valence-corrected chi connectivity index (χ4v) is 1.95. The van der Waals surface area contributed by atoms with Gasteiger partial charge in [0.05, 0.1) is 5.56 Å². The van der Waals surface area contributed by atoms with Gasteiger partial charge in [-0.1, -0.05) is 26.2 Å². The van der Waals surface area contributed by atoms with Crippen molar-refractivity contribution in [2.45, 2.75) is 39.0 Å². The Morgan fingerprint density at radius 3 is 2.83 bits per heavy atom. The summed E-state index contributed by atoms with van der Waals surface area (Å²) >= 11 is 0. The van der Waals surface area contributed by atoms with E-state index in [9.17, 15) is 4.79 Å². The maximum Gasteiger partial charge on any atom is 0.337 e. The Morgan fingerprint density at radius 2 is 2.11 bits per heavy atom. The van der Waals surface area contributed by atoms with Gasteiger partial charge in [0.1, 0.15) is 5.82 Å². The summed E-state index contributed by atoms with van der Waals surface area (Å²) in [5.74, 6) is -0.0910. The van der Waals surface area contributed by atoms with Crippen LogP contribution in [0.4, 0.5) is 0 Å². The second-order valence-electron chi connectivity index (χ2n) is 4.38. The summed E-state index contributed by atoms with van der Waals surface area (Å²) in [7, 11) is 0. The molecule has 1 N–H and O–H groups in total. The molecular formula is C13H17N3O2. The third kappa shape index (κ3) is 2.67. The number of rotatable bonds is 6. The van der Waals surface area contributed by atoms with E-state index in [4.69, 9.17) is 5.11 Å². The average Bonchev–Trinajstić information content (AvgIpc) is 2.77. The van der Waals surface area contributed by atoms with Gasteiger partial charge in [-0.25, -0.2) is 4.79 Å². The van der Waals surface area contributed by atoms with Gasteiger partial charge in [0.25, 0.3) is 0 Å².